The third kappa shape index (κ3) is 5.04. The van der Waals surface area contributed by atoms with Gasteiger partial charge < -0.3 is 19.8 Å². The Morgan fingerprint density at radius 1 is 0.972 bits per heavy atom. The number of aromatic nitrogens is 3. The highest BCUT2D eigenvalue weighted by Crippen LogP contribution is 2.26. The van der Waals surface area contributed by atoms with Crippen LogP contribution in [0.5, 0.6) is 0 Å². The number of anilines is 1. The van der Waals surface area contributed by atoms with Gasteiger partial charge in [0.25, 0.3) is 0 Å². The molecule has 5 rings (SSSR count). The van der Waals surface area contributed by atoms with Crippen molar-refractivity contribution in [1.82, 2.24) is 14.5 Å². The molecular weight excluding hydrogens is 452 g/mol. The molecule has 3 aromatic carbocycles. The lowest BCUT2D eigenvalue weighted by Gasteiger charge is -2.07. The van der Waals surface area contributed by atoms with Gasteiger partial charge in [-0.05, 0) is 23.8 Å². The van der Waals surface area contributed by atoms with Crippen molar-refractivity contribution < 1.29 is 14.3 Å². The smallest absolute Gasteiger partial charge is 0.339 e. The average molecular weight is 477 g/mol. The molecule has 0 saturated heterocycles. The number of ether oxygens (including phenoxy) is 2. The molecule has 2 aromatic heterocycles. The van der Waals surface area contributed by atoms with Gasteiger partial charge in [-0.15, -0.1) is 0 Å². The Morgan fingerprint density at radius 3 is 2.64 bits per heavy atom. The average Bonchev–Trinajstić information content (AvgIpc) is 3.35. The predicted molar refractivity (Wildman–Crippen MR) is 139 cm³/mol. The molecule has 178 valence electrons. The molecule has 2 N–H and O–H groups in total. The molecule has 0 radical (unpaired) electrons. The van der Waals surface area contributed by atoms with E-state index in [-0.39, 0.29) is 13.2 Å². The summed E-state index contributed by atoms with van der Waals surface area (Å²) in [7, 11) is 0. The number of rotatable bonds is 7. The van der Waals surface area contributed by atoms with Crippen molar-refractivity contribution in [1.29, 1.82) is 0 Å². The molecule has 2 heterocycles. The van der Waals surface area contributed by atoms with Crippen LogP contribution in [0.15, 0.2) is 85.2 Å². The van der Waals surface area contributed by atoms with Crippen LogP contribution in [-0.2, 0) is 22.6 Å². The number of benzene rings is 3. The fourth-order valence-corrected chi connectivity index (χ4v) is 3.96. The topological polar surface area (TPSA) is 92.3 Å². The van der Waals surface area contributed by atoms with Gasteiger partial charge in [-0.2, -0.15) is 0 Å². The Morgan fingerprint density at radius 2 is 1.75 bits per heavy atom. The summed E-state index contributed by atoms with van der Waals surface area (Å²) < 4.78 is 13.2. The van der Waals surface area contributed by atoms with Gasteiger partial charge in [-0.3, -0.25) is 0 Å². The molecule has 0 aliphatic carbocycles. The van der Waals surface area contributed by atoms with Gasteiger partial charge in [0.15, 0.2) is 5.82 Å². The maximum Gasteiger partial charge on any atom is 0.339 e. The standard InChI is InChI=1S/C29H24N4O3/c30-28-26-27(24-14-6-7-15-25(24)32-28)33(20-31-26)16-18-35-17-8-12-22-11-4-5-13-23(22)29(34)36-19-21-9-2-1-3-10-21/h1-7,9-11,13-15,20H,16-19H2,(H2,30,32). The van der Waals surface area contributed by atoms with Crippen LogP contribution in [-0.4, -0.2) is 33.7 Å². The normalized spacial score (nSPS) is 10.8. The molecule has 0 fully saturated rings. The number of nitrogen functional groups attached to an aromatic ring is 1. The van der Waals surface area contributed by atoms with Crippen molar-refractivity contribution >= 4 is 33.7 Å². The number of nitrogens with two attached hydrogens (primary N) is 1. The molecule has 36 heavy (non-hydrogen) atoms. The summed E-state index contributed by atoms with van der Waals surface area (Å²) in [5.74, 6) is 6.03. The highest BCUT2D eigenvalue weighted by Gasteiger charge is 2.12. The zero-order chi connectivity index (χ0) is 24.7. The van der Waals surface area contributed by atoms with Gasteiger partial charge in [0, 0.05) is 17.5 Å². The second-order valence-electron chi connectivity index (χ2n) is 8.11. The lowest BCUT2D eigenvalue weighted by molar-refractivity contribution is 0.0472. The SMILES string of the molecule is Nc1nc2ccccc2c2c1ncn2CCOCC#Cc1ccccc1C(=O)OCc1ccccc1. The molecular formula is C29H24N4O3. The summed E-state index contributed by atoms with van der Waals surface area (Å²) in [6, 6.07) is 24.6. The van der Waals surface area contributed by atoms with Gasteiger partial charge in [0.05, 0.1) is 29.5 Å². The lowest BCUT2D eigenvalue weighted by Crippen LogP contribution is -2.07. The molecule has 0 bridgehead atoms. The summed E-state index contributed by atoms with van der Waals surface area (Å²) in [5, 5.41) is 0.995. The van der Waals surface area contributed by atoms with Gasteiger partial charge in [-0.1, -0.05) is 72.5 Å². The minimum atomic E-state index is -0.405. The lowest BCUT2D eigenvalue weighted by atomic mass is 10.1. The maximum absolute atomic E-state index is 12.6. The number of carbonyl (C=O) groups excluding carboxylic acids is 1. The van der Waals surface area contributed by atoms with Gasteiger partial charge in [0.2, 0.25) is 0 Å². The van der Waals surface area contributed by atoms with E-state index in [2.05, 4.69) is 21.8 Å². The van der Waals surface area contributed by atoms with Crippen LogP contribution in [0.25, 0.3) is 21.9 Å². The van der Waals surface area contributed by atoms with Crippen LogP contribution in [0.4, 0.5) is 5.82 Å². The first-order valence-corrected chi connectivity index (χ1v) is 11.6. The molecule has 0 saturated carbocycles. The first-order valence-electron chi connectivity index (χ1n) is 11.6. The number of fused-ring (bicyclic) bond motifs is 3. The molecule has 0 atom stereocenters. The summed E-state index contributed by atoms with van der Waals surface area (Å²) in [5.41, 5.74) is 10.5. The summed E-state index contributed by atoms with van der Waals surface area (Å²) in [6.07, 6.45) is 1.75. The minimum Gasteiger partial charge on any atom is -0.457 e. The van der Waals surface area contributed by atoms with E-state index in [1.807, 2.05) is 65.2 Å². The Balaban J connectivity index is 1.19. The molecule has 7 nitrogen and oxygen atoms in total. The summed E-state index contributed by atoms with van der Waals surface area (Å²) in [4.78, 5) is 21.5. The summed E-state index contributed by atoms with van der Waals surface area (Å²) >= 11 is 0. The van der Waals surface area contributed by atoms with Crippen molar-refractivity contribution in [3.63, 3.8) is 0 Å². The van der Waals surface area contributed by atoms with Crippen LogP contribution in [0.3, 0.4) is 0 Å². The highest BCUT2D eigenvalue weighted by atomic mass is 16.5. The van der Waals surface area contributed by atoms with Crippen molar-refractivity contribution in [3.8, 4) is 11.8 Å². The Labute approximate surface area is 208 Å². The molecule has 7 heteroatoms. The maximum atomic E-state index is 12.6. The van der Waals surface area contributed by atoms with Crippen molar-refractivity contribution in [2.24, 2.45) is 0 Å². The van der Waals surface area contributed by atoms with Gasteiger partial charge in [0.1, 0.15) is 18.7 Å². The monoisotopic (exact) mass is 476 g/mol. The van der Waals surface area contributed by atoms with Crippen molar-refractivity contribution in [2.75, 3.05) is 18.9 Å². The minimum absolute atomic E-state index is 0.213. The number of hydrogen-bond acceptors (Lipinski definition) is 6. The first kappa shape index (κ1) is 23.1. The molecule has 0 amide bonds. The number of pyridine rings is 1. The van der Waals surface area contributed by atoms with E-state index < -0.39 is 5.97 Å². The van der Waals surface area contributed by atoms with E-state index in [1.54, 1.807) is 24.5 Å². The highest BCUT2D eigenvalue weighted by molar-refractivity contribution is 6.06. The van der Waals surface area contributed by atoms with E-state index >= 15 is 0 Å². The first-order chi connectivity index (χ1) is 17.7. The fourth-order valence-electron chi connectivity index (χ4n) is 3.96. The number of carbonyl (C=O) groups is 1. The Hall–Kier alpha value is -4.67. The van der Waals surface area contributed by atoms with Crippen LogP contribution < -0.4 is 5.73 Å². The molecule has 0 aliphatic heterocycles. The number of esters is 1. The van der Waals surface area contributed by atoms with Crippen LogP contribution in [0.1, 0.15) is 21.5 Å². The quantitative estimate of drug-likeness (QED) is 0.210. The molecule has 0 spiro atoms. The second kappa shape index (κ2) is 10.7. The third-order valence-electron chi connectivity index (χ3n) is 5.71. The number of hydrogen-bond donors (Lipinski definition) is 1. The second-order valence-corrected chi connectivity index (χ2v) is 8.11. The number of para-hydroxylation sites is 1. The number of imidazole rings is 1. The van der Waals surface area contributed by atoms with Crippen molar-refractivity contribution in [3.05, 3.63) is 102 Å². The molecule has 0 unspecified atom stereocenters. The van der Waals surface area contributed by atoms with Crippen LogP contribution in [0, 0.1) is 11.8 Å². The molecule has 0 aliphatic rings. The van der Waals surface area contributed by atoms with E-state index in [0.717, 1.165) is 22.0 Å². The van der Waals surface area contributed by atoms with E-state index in [9.17, 15) is 4.79 Å². The number of nitrogens with zero attached hydrogens (tertiary/aromatic N) is 3. The van der Waals surface area contributed by atoms with E-state index in [1.165, 1.54) is 0 Å². The van der Waals surface area contributed by atoms with Gasteiger partial charge in [-0.25, -0.2) is 14.8 Å². The summed E-state index contributed by atoms with van der Waals surface area (Å²) in [6.45, 7) is 1.47. The van der Waals surface area contributed by atoms with Gasteiger partial charge >= 0.3 is 5.97 Å². The zero-order valence-corrected chi connectivity index (χ0v) is 19.6. The van der Waals surface area contributed by atoms with E-state index in [4.69, 9.17) is 15.2 Å². The largest absolute Gasteiger partial charge is 0.457 e. The Kier molecular flexibility index (Phi) is 6.88. The third-order valence-corrected chi connectivity index (χ3v) is 5.71. The fraction of sp³-hybridized carbons (Fsp3) is 0.138. The predicted octanol–water partition coefficient (Wildman–Crippen LogP) is 4.59. The zero-order valence-electron chi connectivity index (χ0n) is 19.6. The molecule has 5 aromatic rings. The van der Waals surface area contributed by atoms with Crippen LogP contribution >= 0.6 is 0 Å². The Bertz CT molecular complexity index is 1580. The van der Waals surface area contributed by atoms with Crippen molar-refractivity contribution in [2.45, 2.75) is 13.2 Å². The van der Waals surface area contributed by atoms with Crippen LogP contribution in [0.2, 0.25) is 0 Å². The van der Waals surface area contributed by atoms with E-state index in [0.29, 0.717) is 35.6 Å².